The van der Waals surface area contributed by atoms with Gasteiger partial charge in [-0.05, 0) is 23.6 Å². The predicted molar refractivity (Wildman–Crippen MR) is 107 cm³/mol. The molecule has 0 atom stereocenters. The van der Waals surface area contributed by atoms with E-state index in [1.807, 2.05) is 18.2 Å². The Morgan fingerprint density at radius 3 is 2.82 bits per heavy atom. The molecule has 9 heteroatoms. The molecule has 1 saturated heterocycles. The number of carbonyl (C=O) groups excluding carboxylic acids is 2. The number of amides is 2. The Kier molecular flexibility index (Phi) is 6.83. The van der Waals surface area contributed by atoms with Crippen molar-refractivity contribution in [2.75, 3.05) is 37.8 Å². The van der Waals surface area contributed by atoms with Gasteiger partial charge >= 0.3 is 0 Å². The van der Waals surface area contributed by atoms with E-state index < -0.39 is 11.8 Å². The molecule has 8 nitrogen and oxygen atoms in total. The summed E-state index contributed by atoms with van der Waals surface area (Å²) in [5.41, 5.74) is 6.10. The SMILES string of the molecule is CC(C)c1cccc(OCC(=O)NNC(=O)c2csc(N3CCOCC3)n2)c1. The van der Waals surface area contributed by atoms with Crippen LogP contribution in [0.15, 0.2) is 29.6 Å². The van der Waals surface area contributed by atoms with Crippen molar-refractivity contribution in [2.24, 2.45) is 0 Å². The molecular weight excluding hydrogens is 380 g/mol. The Hall–Kier alpha value is -2.65. The first-order chi connectivity index (χ1) is 13.5. The van der Waals surface area contributed by atoms with Crippen molar-refractivity contribution in [1.29, 1.82) is 0 Å². The average molecular weight is 404 g/mol. The largest absolute Gasteiger partial charge is 0.484 e. The molecule has 0 radical (unpaired) electrons. The molecule has 150 valence electrons. The lowest BCUT2D eigenvalue weighted by Crippen LogP contribution is -2.44. The molecule has 0 unspecified atom stereocenters. The fraction of sp³-hybridized carbons (Fsp3) is 0.421. The number of nitrogens with one attached hydrogen (secondary N) is 2. The molecule has 3 rings (SSSR count). The Labute approximate surface area is 167 Å². The normalized spacial score (nSPS) is 14.0. The maximum absolute atomic E-state index is 12.2. The molecule has 1 aromatic heterocycles. The van der Waals surface area contributed by atoms with E-state index in [2.05, 4.69) is 34.6 Å². The molecule has 28 heavy (non-hydrogen) atoms. The number of ether oxygens (including phenoxy) is 2. The van der Waals surface area contributed by atoms with E-state index in [1.54, 1.807) is 11.4 Å². The second kappa shape index (κ2) is 9.52. The maximum atomic E-state index is 12.2. The minimum absolute atomic E-state index is 0.197. The van der Waals surface area contributed by atoms with Crippen molar-refractivity contribution in [3.8, 4) is 5.75 Å². The monoisotopic (exact) mass is 404 g/mol. The van der Waals surface area contributed by atoms with Crippen LogP contribution in [0.3, 0.4) is 0 Å². The molecule has 1 aliphatic rings. The minimum atomic E-state index is -0.467. The van der Waals surface area contributed by atoms with Crippen LogP contribution in [0.5, 0.6) is 5.75 Å². The van der Waals surface area contributed by atoms with Crippen molar-refractivity contribution >= 4 is 28.3 Å². The second-order valence-electron chi connectivity index (χ2n) is 6.63. The molecule has 1 aromatic carbocycles. The number of rotatable bonds is 6. The molecule has 0 spiro atoms. The number of anilines is 1. The number of benzene rings is 1. The molecule has 2 aromatic rings. The van der Waals surface area contributed by atoms with Gasteiger partial charge in [-0.25, -0.2) is 4.98 Å². The van der Waals surface area contributed by atoms with Crippen molar-refractivity contribution < 1.29 is 19.1 Å². The summed E-state index contributed by atoms with van der Waals surface area (Å²) in [7, 11) is 0. The van der Waals surface area contributed by atoms with Crippen molar-refractivity contribution in [3.05, 3.63) is 40.9 Å². The highest BCUT2D eigenvalue weighted by Gasteiger charge is 2.17. The number of aromatic nitrogens is 1. The zero-order valence-corrected chi connectivity index (χ0v) is 16.8. The summed E-state index contributed by atoms with van der Waals surface area (Å²) in [6.45, 7) is 6.78. The predicted octanol–water partition coefficient (Wildman–Crippen LogP) is 1.94. The van der Waals surface area contributed by atoms with E-state index in [-0.39, 0.29) is 12.3 Å². The van der Waals surface area contributed by atoms with E-state index >= 15 is 0 Å². The molecule has 1 fully saturated rings. The zero-order valence-electron chi connectivity index (χ0n) is 15.9. The lowest BCUT2D eigenvalue weighted by Gasteiger charge is -2.25. The van der Waals surface area contributed by atoms with E-state index in [1.165, 1.54) is 11.3 Å². The summed E-state index contributed by atoms with van der Waals surface area (Å²) in [6.07, 6.45) is 0. The first-order valence-electron chi connectivity index (χ1n) is 9.13. The van der Waals surface area contributed by atoms with Gasteiger partial charge in [-0.1, -0.05) is 26.0 Å². The van der Waals surface area contributed by atoms with Crippen LogP contribution >= 0.6 is 11.3 Å². The Balaban J connectivity index is 1.44. The average Bonchev–Trinajstić information content (AvgIpc) is 3.22. The van der Waals surface area contributed by atoms with Crippen LogP contribution in [-0.2, 0) is 9.53 Å². The van der Waals surface area contributed by atoms with Gasteiger partial charge in [-0.3, -0.25) is 20.4 Å². The minimum Gasteiger partial charge on any atom is -0.484 e. The Morgan fingerprint density at radius 2 is 2.07 bits per heavy atom. The van der Waals surface area contributed by atoms with E-state index in [4.69, 9.17) is 9.47 Å². The Morgan fingerprint density at radius 1 is 1.29 bits per heavy atom. The molecule has 1 aliphatic heterocycles. The van der Waals surface area contributed by atoms with Gasteiger partial charge in [-0.15, -0.1) is 11.3 Å². The van der Waals surface area contributed by atoms with Gasteiger partial charge in [0.25, 0.3) is 11.8 Å². The van der Waals surface area contributed by atoms with Crippen LogP contribution in [0.2, 0.25) is 0 Å². The first-order valence-corrected chi connectivity index (χ1v) is 10.0. The zero-order chi connectivity index (χ0) is 19.9. The number of thiazole rings is 1. The highest BCUT2D eigenvalue weighted by molar-refractivity contribution is 7.13. The fourth-order valence-corrected chi connectivity index (χ4v) is 3.47. The summed E-state index contributed by atoms with van der Waals surface area (Å²) in [6, 6.07) is 7.59. The maximum Gasteiger partial charge on any atom is 0.289 e. The molecule has 0 bridgehead atoms. The van der Waals surface area contributed by atoms with E-state index in [9.17, 15) is 9.59 Å². The van der Waals surface area contributed by atoms with Gasteiger partial charge in [0.15, 0.2) is 11.7 Å². The number of hydrogen-bond acceptors (Lipinski definition) is 7. The van der Waals surface area contributed by atoms with Gasteiger partial charge in [0.1, 0.15) is 11.4 Å². The van der Waals surface area contributed by atoms with Crippen molar-refractivity contribution in [1.82, 2.24) is 15.8 Å². The van der Waals surface area contributed by atoms with Crippen LogP contribution in [0.4, 0.5) is 5.13 Å². The van der Waals surface area contributed by atoms with Crippen LogP contribution in [0.1, 0.15) is 35.8 Å². The van der Waals surface area contributed by atoms with E-state index in [0.29, 0.717) is 24.9 Å². The molecule has 2 N–H and O–H groups in total. The van der Waals surface area contributed by atoms with Crippen LogP contribution in [0.25, 0.3) is 0 Å². The molecule has 2 heterocycles. The fourth-order valence-electron chi connectivity index (χ4n) is 2.61. The van der Waals surface area contributed by atoms with Crippen LogP contribution in [-0.4, -0.2) is 49.7 Å². The third-order valence-electron chi connectivity index (χ3n) is 4.22. The molecule has 2 amide bonds. The number of hydrazine groups is 1. The molecule has 0 aliphatic carbocycles. The van der Waals surface area contributed by atoms with Gasteiger partial charge in [0.05, 0.1) is 13.2 Å². The lowest BCUT2D eigenvalue weighted by atomic mass is 10.0. The molecular formula is C19H24N4O4S. The lowest BCUT2D eigenvalue weighted by molar-refractivity contribution is -0.123. The highest BCUT2D eigenvalue weighted by atomic mass is 32.1. The number of hydrogen-bond donors (Lipinski definition) is 2. The topological polar surface area (TPSA) is 92.8 Å². The van der Waals surface area contributed by atoms with Crippen molar-refractivity contribution in [3.63, 3.8) is 0 Å². The van der Waals surface area contributed by atoms with E-state index in [0.717, 1.165) is 23.8 Å². The summed E-state index contributed by atoms with van der Waals surface area (Å²) < 4.78 is 10.8. The summed E-state index contributed by atoms with van der Waals surface area (Å²) in [5, 5.41) is 2.44. The number of nitrogens with zero attached hydrogens (tertiary/aromatic N) is 2. The van der Waals surface area contributed by atoms with Gasteiger partial charge < -0.3 is 14.4 Å². The van der Waals surface area contributed by atoms with Gasteiger partial charge in [-0.2, -0.15) is 0 Å². The summed E-state index contributed by atoms with van der Waals surface area (Å²) in [4.78, 5) is 30.5. The smallest absolute Gasteiger partial charge is 0.289 e. The van der Waals surface area contributed by atoms with Gasteiger partial charge in [0, 0.05) is 18.5 Å². The molecule has 0 saturated carbocycles. The Bertz CT molecular complexity index is 818. The number of carbonyl (C=O) groups is 2. The van der Waals surface area contributed by atoms with Crippen LogP contribution < -0.4 is 20.5 Å². The van der Waals surface area contributed by atoms with Crippen molar-refractivity contribution in [2.45, 2.75) is 19.8 Å². The third kappa shape index (κ3) is 5.43. The van der Waals surface area contributed by atoms with Gasteiger partial charge in [0.2, 0.25) is 0 Å². The standard InChI is InChI=1S/C19H24N4O4S/c1-13(2)14-4-3-5-15(10-14)27-11-17(24)21-22-18(25)16-12-28-19(20-16)23-6-8-26-9-7-23/h3-5,10,12-13H,6-9,11H2,1-2H3,(H,21,24)(H,22,25). The quantitative estimate of drug-likeness (QED) is 0.715. The highest BCUT2D eigenvalue weighted by Crippen LogP contribution is 2.21. The summed E-state index contributed by atoms with van der Waals surface area (Å²) >= 11 is 1.39. The third-order valence-corrected chi connectivity index (χ3v) is 5.12. The second-order valence-corrected chi connectivity index (χ2v) is 7.47. The summed E-state index contributed by atoms with van der Waals surface area (Å²) in [5.74, 6) is 0.0670. The number of morpholine rings is 1. The first kappa shape index (κ1) is 20.1. The van der Waals surface area contributed by atoms with Crippen LogP contribution in [0, 0.1) is 0 Å².